The van der Waals surface area contributed by atoms with Crippen molar-refractivity contribution in [2.75, 3.05) is 5.32 Å². The van der Waals surface area contributed by atoms with Crippen LogP contribution >= 0.6 is 12.4 Å². The number of ether oxygens (including phenoxy) is 1. The Morgan fingerprint density at radius 1 is 1.29 bits per heavy atom. The van der Waals surface area contributed by atoms with E-state index in [1.165, 1.54) is 6.92 Å². The zero-order chi connectivity index (χ0) is 14.5. The molecule has 1 heterocycles. The van der Waals surface area contributed by atoms with Gasteiger partial charge in [-0.05, 0) is 36.4 Å². The zero-order valence-corrected chi connectivity index (χ0v) is 12.1. The van der Waals surface area contributed by atoms with E-state index >= 15 is 0 Å². The third-order valence-electron chi connectivity index (χ3n) is 2.45. The fraction of sp³-hybridized carbons (Fsp3) is 0.0714. The number of aromatic nitrogens is 1. The Kier molecular flexibility index (Phi) is 5.68. The summed E-state index contributed by atoms with van der Waals surface area (Å²) in [5, 5.41) is 10.1. The number of nitrogens with one attached hydrogen (secondary N) is 2. The molecule has 0 spiro atoms. The fourth-order valence-corrected chi connectivity index (χ4v) is 1.60. The molecule has 0 atom stereocenters. The van der Waals surface area contributed by atoms with Crippen molar-refractivity contribution in [3.05, 3.63) is 48.2 Å². The highest BCUT2D eigenvalue weighted by atomic mass is 35.5. The number of benzene rings is 1. The van der Waals surface area contributed by atoms with Crippen LogP contribution in [0.15, 0.2) is 42.6 Å². The summed E-state index contributed by atoms with van der Waals surface area (Å²) in [7, 11) is 0. The number of hydrogen-bond acceptors (Lipinski definition) is 4. The number of carbonyl (C=O) groups is 1. The number of pyridine rings is 1. The number of nitrogen functional groups attached to an aromatic ring is 1. The highest BCUT2D eigenvalue weighted by Crippen LogP contribution is 2.23. The highest BCUT2D eigenvalue weighted by molar-refractivity contribution is 5.97. The van der Waals surface area contributed by atoms with Crippen LogP contribution in [0.2, 0.25) is 0 Å². The molecule has 110 valence electrons. The van der Waals surface area contributed by atoms with Crippen LogP contribution in [0.25, 0.3) is 0 Å². The van der Waals surface area contributed by atoms with Crippen molar-refractivity contribution >= 4 is 29.8 Å². The van der Waals surface area contributed by atoms with Crippen molar-refractivity contribution in [3.63, 3.8) is 0 Å². The molecule has 0 saturated heterocycles. The lowest BCUT2D eigenvalue weighted by molar-refractivity contribution is -0.114. The SMILES string of the molecule is CC(=O)Nc1ccc(Oc2ncccc2C(=N)N)cc1.Cl. The summed E-state index contributed by atoms with van der Waals surface area (Å²) in [4.78, 5) is 15.0. The maximum Gasteiger partial charge on any atom is 0.230 e. The molecule has 7 heteroatoms. The van der Waals surface area contributed by atoms with Gasteiger partial charge in [-0.2, -0.15) is 0 Å². The number of nitrogens with two attached hydrogens (primary N) is 1. The Labute approximate surface area is 128 Å². The maximum absolute atomic E-state index is 10.9. The van der Waals surface area contributed by atoms with Gasteiger partial charge < -0.3 is 15.8 Å². The number of rotatable bonds is 4. The van der Waals surface area contributed by atoms with Crippen LogP contribution in [-0.2, 0) is 4.79 Å². The van der Waals surface area contributed by atoms with E-state index in [0.29, 0.717) is 17.0 Å². The third kappa shape index (κ3) is 4.47. The number of nitrogens with zero attached hydrogens (tertiary/aromatic N) is 1. The van der Waals surface area contributed by atoms with Crippen molar-refractivity contribution in [1.29, 1.82) is 5.41 Å². The summed E-state index contributed by atoms with van der Waals surface area (Å²) in [6, 6.07) is 10.2. The van der Waals surface area contributed by atoms with Gasteiger partial charge in [-0.1, -0.05) is 0 Å². The molecular formula is C14H15ClN4O2. The summed E-state index contributed by atoms with van der Waals surface area (Å²) in [5.74, 6) is 0.567. The zero-order valence-electron chi connectivity index (χ0n) is 11.3. The van der Waals surface area contributed by atoms with E-state index in [1.54, 1.807) is 42.6 Å². The molecule has 4 N–H and O–H groups in total. The molecule has 2 rings (SSSR count). The van der Waals surface area contributed by atoms with Gasteiger partial charge in [0.05, 0.1) is 5.56 Å². The van der Waals surface area contributed by atoms with Gasteiger partial charge in [0.2, 0.25) is 11.8 Å². The molecule has 0 fully saturated rings. The molecule has 1 aromatic carbocycles. The highest BCUT2D eigenvalue weighted by Gasteiger charge is 2.08. The summed E-state index contributed by atoms with van der Waals surface area (Å²) in [5.41, 5.74) is 6.57. The molecule has 0 unspecified atom stereocenters. The lowest BCUT2D eigenvalue weighted by atomic mass is 10.2. The first-order valence-corrected chi connectivity index (χ1v) is 5.91. The van der Waals surface area contributed by atoms with Gasteiger partial charge in [0, 0.05) is 18.8 Å². The van der Waals surface area contributed by atoms with E-state index in [2.05, 4.69) is 10.3 Å². The van der Waals surface area contributed by atoms with Crippen LogP contribution in [0, 0.1) is 5.41 Å². The molecule has 0 bridgehead atoms. The average molecular weight is 307 g/mol. The number of amides is 1. The number of hydrogen-bond donors (Lipinski definition) is 3. The molecule has 6 nitrogen and oxygen atoms in total. The summed E-state index contributed by atoms with van der Waals surface area (Å²) < 4.78 is 5.59. The topological polar surface area (TPSA) is 101 Å². The summed E-state index contributed by atoms with van der Waals surface area (Å²) >= 11 is 0. The van der Waals surface area contributed by atoms with Crippen LogP contribution in [0.3, 0.4) is 0 Å². The van der Waals surface area contributed by atoms with Crippen LogP contribution in [0.4, 0.5) is 5.69 Å². The molecule has 0 radical (unpaired) electrons. The van der Waals surface area contributed by atoms with Gasteiger partial charge >= 0.3 is 0 Å². The van der Waals surface area contributed by atoms with E-state index in [0.717, 1.165) is 0 Å². The molecule has 0 aliphatic rings. The molecule has 0 aliphatic heterocycles. The average Bonchev–Trinajstić information content (AvgIpc) is 2.41. The van der Waals surface area contributed by atoms with E-state index < -0.39 is 0 Å². The predicted molar refractivity (Wildman–Crippen MR) is 83.3 cm³/mol. The van der Waals surface area contributed by atoms with E-state index in [9.17, 15) is 4.79 Å². The van der Waals surface area contributed by atoms with Gasteiger partial charge in [-0.15, -0.1) is 12.4 Å². The normalized spacial score (nSPS) is 9.38. The van der Waals surface area contributed by atoms with E-state index in [-0.39, 0.29) is 30.0 Å². The molecule has 1 aromatic heterocycles. The maximum atomic E-state index is 10.9. The summed E-state index contributed by atoms with van der Waals surface area (Å²) in [6.45, 7) is 1.44. The second-order valence-corrected chi connectivity index (χ2v) is 4.08. The Hall–Kier alpha value is -2.60. The van der Waals surface area contributed by atoms with Crippen molar-refractivity contribution in [2.45, 2.75) is 6.92 Å². The molecule has 1 amide bonds. The van der Waals surface area contributed by atoms with Crippen molar-refractivity contribution < 1.29 is 9.53 Å². The number of halogens is 1. The Morgan fingerprint density at radius 3 is 2.52 bits per heavy atom. The predicted octanol–water partition coefficient (Wildman–Crippen LogP) is 2.54. The first-order valence-electron chi connectivity index (χ1n) is 5.91. The minimum Gasteiger partial charge on any atom is -0.438 e. The van der Waals surface area contributed by atoms with Crippen molar-refractivity contribution in [3.8, 4) is 11.6 Å². The van der Waals surface area contributed by atoms with Gasteiger partial charge in [-0.3, -0.25) is 10.2 Å². The minimum atomic E-state index is -0.137. The monoisotopic (exact) mass is 306 g/mol. The Morgan fingerprint density at radius 2 is 1.95 bits per heavy atom. The third-order valence-corrected chi connectivity index (χ3v) is 2.45. The van der Waals surface area contributed by atoms with Crippen LogP contribution in [0.1, 0.15) is 12.5 Å². The van der Waals surface area contributed by atoms with Gasteiger partial charge in [0.15, 0.2) is 0 Å². The van der Waals surface area contributed by atoms with Crippen LogP contribution in [0.5, 0.6) is 11.6 Å². The number of anilines is 1. The Bertz CT molecular complexity index is 644. The van der Waals surface area contributed by atoms with Crippen LogP contribution in [-0.4, -0.2) is 16.7 Å². The largest absolute Gasteiger partial charge is 0.438 e. The first-order chi connectivity index (χ1) is 9.56. The lowest BCUT2D eigenvalue weighted by Gasteiger charge is -2.09. The number of carbonyl (C=O) groups excluding carboxylic acids is 1. The molecule has 0 aliphatic carbocycles. The van der Waals surface area contributed by atoms with E-state index in [4.69, 9.17) is 15.9 Å². The van der Waals surface area contributed by atoms with Gasteiger partial charge in [0.1, 0.15) is 11.6 Å². The van der Waals surface area contributed by atoms with Gasteiger partial charge in [-0.25, -0.2) is 4.98 Å². The van der Waals surface area contributed by atoms with Gasteiger partial charge in [0.25, 0.3) is 0 Å². The van der Waals surface area contributed by atoms with Crippen LogP contribution < -0.4 is 15.8 Å². The second-order valence-electron chi connectivity index (χ2n) is 4.08. The quantitative estimate of drug-likeness (QED) is 0.596. The van der Waals surface area contributed by atoms with Crippen molar-refractivity contribution in [2.24, 2.45) is 5.73 Å². The number of amidine groups is 1. The molecule has 21 heavy (non-hydrogen) atoms. The fourth-order valence-electron chi connectivity index (χ4n) is 1.60. The standard InChI is InChI=1S/C14H14N4O2.ClH/c1-9(19)18-10-4-6-11(7-5-10)20-14-12(13(15)16)3-2-8-17-14;/h2-8H,1H3,(H3,15,16)(H,18,19);1H. The first kappa shape index (κ1) is 16.5. The second kappa shape index (κ2) is 7.25. The molecule has 0 saturated carbocycles. The minimum absolute atomic E-state index is 0. The molecule has 2 aromatic rings. The summed E-state index contributed by atoms with van der Waals surface area (Å²) in [6.07, 6.45) is 1.56. The molecular weight excluding hydrogens is 292 g/mol. The Balaban J connectivity index is 0.00000220. The van der Waals surface area contributed by atoms with Crippen molar-refractivity contribution in [1.82, 2.24) is 4.98 Å². The smallest absolute Gasteiger partial charge is 0.230 e. The lowest BCUT2D eigenvalue weighted by Crippen LogP contribution is -2.12. The van der Waals surface area contributed by atoms with E-state index in [1.807, 2.05) is 0 Å².